The molecule has 3 aromatic heterocycles. The first-order chi connectivity index (χ1) is 13.7. The van der Waals surface area contributed by atoms with E-state index in [0.29, 0.717) is 22.2 Å². The van der Waals surface area contributed by atoms with Crippen LogP contribution in [0.25, 0.3) is 22.3 Å². The van der Waals surface area contributed by atoms with E-state index in [1.54, 1.807) is 31.0 Å². The van der Waals surface area contributed by atoms with Gasteiger partial charge in [0.25, 0.3) is 0 Å². The molecule has 0 saturated heterocycles. The van der Waals surface area contributed by atoms with Crippen molar-refractivity contribution >= 4 is 16.9 Å². The molecule has 3 heterocycles. The maximum atomic E-state index is 12.4. The number of fused-ring (bicyclic) bond motifs is 1. The van der Waals surface area contributed by atoms with Gasteiger partial charge in [-0.15, -0.1) is 0 Å². The van der Waals surface area contributed by atoms with Crippen molar-refractivity contribution in [1.82, 2.24) is 19.5 Å². The molecule has 136 valence electrons. The van der Waals surface area contributed by atoms with Gasteiger partial charge in [-0.3, -0.25) is 4.98 Å². The molecule has 6 nitrogen and oxygen atoms in total. The zero-order valence-electron chi connectivity index (χ0n) is 15.4. The standard InChI is InChI=1S/C22H16N4O2/c1-26-14-24-13-21(26)20-11-18(22(27)28-2)17-10-15(7-8-19(17)25-20)5-6-16-4-3-9-23-12-16/h3-4,7-14H,1-2H3. The fourth-order valence-corrected chi connectivity index (χ4v) is 2.90. The summed E-state index contributed by atoms with van der Waals surface area (Å²) in [6.07, 6.45) is 6.81. The number of hydrogen-bond donors (Lipinski definition) is 0. The number of ether oxygens (including phenoxy) is 1. The van der Waals surface area contributed by atoms with Gasteiger partial charge in [0.1, 0.15) is 0 Å². The predicted molar refractivity (Wildman–Crippen MR) is 106 cm³/mol. The first kappa shape index (κ1) is 17.4. The van der Waals surface area contributed by atoms with Crippen LogP contribution in [-0.2, 0) is 11.8 Å². The van der Waals surface area contributed by atoms with Crippen LogP contribution in [0.4, 0.5) is 0 Å². The minimum Gasteiger partial charge on any atom is -0.465 e. The number of carbonyl (C=O) groups is 1. The van der Waals surface area contributed by atoms with E-state index in [2.05, 4.69) is 26.8 Å². The Morgan fingerprint density at radius 1 is 1.07 bits per heavy atom. The summed E-state index contributed by atoms with van der Waals surface area (Å²) in [5.41, 5.74) is 4.19. The van der Waals surface area contributed by atoms with Crippen LogP contribution in [0.15, 0.2) is 61.3 Å². The van der Waals surface area contributed by atoms with Gasteiger partial charge in [-0.05, 0) is 36.4 Å². The fraction of sp³-hybridized carbons (Fsp3) is 0.0909. The Bertz CT molecular complexity index is 1230. The molecule has 0 aliphatic carbocycles. The van der Waals surface area contributed by atoms with E-state index in [9.17, 15) is 4.79 Å². The van der Waals surface area contributed by atoms with Crippen LogP contribution >= 0.6 is 0 Å². The number of methoxy groups -OCH3 is 1. The van der Waals surface area contributed by atoms with Crippen molar-refractivity contribution in [3.8, 4) is 23.2 Å². The van der Waals surface area contributed by atoms with Gasteiger partial charge >= 0.3 is 5.97 Å². The van der Waals surface area contributed by atoms with Crippen molar-refractivity contribution in [2.24, 2.45) is 7.05 Å². The molecule has 0 unspecified atom stereocenters. The number of esters is 1. The summed E-state index contributed by atoms with van der Waals surface area (Å²) in [5.74, 6) is 5.75. The monoisotopic (exact) mass is 368 g/mol. The predicted octanol–water partition coefficient (Wildman–Crippen LogP) is 3.22. The first-order valence-electron chi connectivity index (χ1n) is 8.57. The van der Waals surface area contributed by atoms with Crippen molar-refractivity contribution in [1.29, 1.82) is 0 Å². The summed E-state index contributed by atoms with van der Waals surface area (Å²) in [6, 6.07) is 11.0. The van der Waals surface area contributed by atoms with E-state index in [1.165, 1.54) is 7.11 Å². The van der Waals surface area contributed by atoms with E-state index < -0.39 is 5.97 Å². The second-order valence-electron chi connectivity index (χ2n) is 6.16. The highest BCUT2D eigenvalue weighted by molar-refractivity contribution is 6.04. The molecule has 0 amide bonds. The quantitative estimate of drug-likeness (QED) is 0.401. The number of carbonyl (C=O) groups excluding carboxylic acids is 1. The van der Waals surface area contributed by atoms with Gasteiger partial charge in [0.05, 0.1) is 42.1 Å². The Kier molecular flexibility index (Phi) is 4.56. The normalized spacial score (nSPS) is 10.4. The molecule has 28 heavy (non-hydrogen) atoms. The van der Waals surface area contributed by atoms with Crippen LogP contribution in [0, 0.1) is 11.8 Å². The average Bonchev–Trinajstić information content (AvgIpc) is 3.17. The van der Waals surface area contributed by atoms with E-state index in [0.717, 1.165) is 16.8 Å². The molecular weight excluding hydrogens is 352 g/mol. The smallest absolute Gasteiger partial charge is 0.338 e. The maximum absolute atomic E-state index is 12.4. The minimum absolute atomic E-state index is 0.423. The SMILES string of the molecule is COC(=O)c1cc(-c2cncn2C)nc2ccc(C#Cc3cccnc3)cc12. The van der Waals surface area contributed by atoms with Crippen LogP contribution in [0.1, 0.15) is 21.5 Å². The molecule has 0 fully saturated rings. The Balaban J connectivity index is 1.85. The molecule has 4 aromatic rings. The third kappa shape index (κ3) is 3.33. The van der Waals surface area contributed by atoms with Gasteiger partial charge in [0, 0.05) is 36.0 Å². The van der Waals surface area contributed by atoms with E-state index in [4.69, 9.17) is 4.74 Å². The topological polar surface area (TPSA) is 69.9 Å². The first-order valence-corrected chi connectivity index (χ1v) is 8.57. The van der Waals surface area contributed by atoms with Crippen molar-refractivity contribution < 1.29 is 9.53 Å². The van der Waals surface area contributed by atoms with E-state index in [1.807, 2.05) is 41.9 Å². The molecule has 0 N–H and O–H groups in total. The summed E-state index contributed by atoms with van der Waals surface area (Å²) in [7, 11) is 3.24. The lowest BCUT2D eigenvalue weighted by Gasteiger charge is -2.09. The Morgan fingerprint density at radius 3 is 2.64 bits per heavy atom. The molecule has 4 rings (SSSR count). The zero-order valence-corrected chi connectivity index (χ0v) is 15.4. The number of benzene rings is 1. The fourth-order valence-electron chi connectivity index (χ4n) is 2.90. The number of hydrogen-bond acceptors (Lipinski definition) is 5. The highest BCUT2D eigenvalue weighted by Crippen LogP contribution is 2.26. The average molecular weight is 368 g/mol. The molecule has 0 saturated carbocycles. The second kappa shape index (κ2) is 7.33. The molecular formula is C22H16N4O2. The highest BCUT2D eigenvalue weighted by atomic mass is 16.5. The van der Waals surface area contributed by atoms with Crippen molar-refractivity contribution in [2.45, 2.75) is 0 Å². The van der Waals surface area contributed by atoms with Crippen LogP contribution in [-0.4, -0.2) is 32.6 Å². The second-order valence-corrected chi connectivity index (χ2v) is 6.16. The number of aryl methyl sites for hydroxylation is 1. The van der Waals surface area contributed by atoms with Crippen molar-refractivity contribution in [3.63, 3.8) is 0 Å². The van der Waals surface area contributed by atoms with Gasteiger partial charge in [0.2, 0.25) is 0 Å². The number of pyridine rings is 2. The summed E-state index contributed by atoms with van der Waals surface area (Å²) in [4.78, 5) is 25.3. The molecule has 6 heteroatoms. The lowest BCUT2D eigenvalue weighted by Crippen LogP contribution is -2.05. The third-order valence-corrected chi connectivity index (χ3v) is 4.31. The molecule has 0 atom stereocenters. The Hall–Kier alpha value is -3.98. The van der Waals surface area contributed by atoms with Gasteiger partial charge in [-0.1, -0.05) is 11.8 Å². The van der Waals surface area contributed by atoms with Crippen LogP contribution in [0.2, 0.25) is 0 Å². The van der Waals surface area contributed by atoms with Crippen LogP contribution in [0.5, 0.6) is 0 Å². The highest BCUT2D eigenvalue weighted by Gasteiger charge is 2.16. The van der Waals surface area contributed by atoms with Gasteiger partial charge in [0.15, 0.2) is 0 Å². The lowest BCUT2D eigenvalue weighted by molar-refractivity contribution is 0.0603. The van der Waals surface area contributed by atoms with Crippen molar-refractivity contribution in [3.05, 3.63) is 78.0 Å². The summed E-state index contributed by atoms with van der Waals surface area (Å²) < 4.78 is 6.83. The Morgan fingerprint density at radius 2 is 1.93 bits per heavy atom. The summed E-state index contributed by atoms with van der Waals surface area (Å²) in [6.45, 7) is 0. The van der Waals surface area contributed by atoms with E-state index >= 15 is 0 Å². The number of nitrogens with zero attached hydrogens (tertiary/aromatic N) is 4. The molecule has 0 aliphatic rings. The zero-order chi connectivity index (χ0) is 19.5. The molecule has 0 spiro atoms. The van der Waals surface area contributed by atoms with Gasteiger partial charge in [-0.2, -0.15) is 0 Å². The Labute approximate surface area is 161 Å². The number of rotatable bonds is 2. The minimum atomic E-state index is -0.423. The summed E-state index contributed by atoms with van der Waals surface area (Å²) in [5, 5.41) is 0.691. The van der Waals surface area contributed by atoms with Gasteiger partial charge < -0.3 is 9.30 Å². The number of aromatic nitrogens is 4. The summed E-state index contributed by atoms with van der Waals surface area (Å²) >= 11 is 0. The van der Waals surface area contributed by atoms with Crippen molar-refractivity contribution in [2.75, 3.05) is 7.11 Å². The molecule has 1 aromatic carbocycles. The van der Waals surface area contributed by atoms with Crippen LogP contribution in [0.3, 0.4) is 0 Å². The van der Waals surface area contributed by atoms with Crippen LogP contribution < -0.4 is 0 Å². The molecule has 0 aliphatic heterocycles. The molecule has 0 radical (unpaired) electrons. The lowest BCUT2D eigenvalue weighted by atomic mass is 10.0. The maximum Gasteiger partial charge on any atom is 0.338 e. The third-order valence-electron chi connectivity index (χ3n) is 4.31. The number of imidazole rings is 1. The molecule has 0 bridgehead atoms. The van der Waals surface area contributed by atoms with E-state index in [-0.39, 0.29) is 0 Å². The largest absolute Gasteiger partial charge is 0.465 e. The van der Waals surface area contributed by atoms with Gasteiger partial charge in [-0.25, -0.2) is 14.8 Å².